The molecule has 0 spiro atoms. The number of hydrogen-bond acceptors (Lipinski definition) is 7. The number of anilines is 3. The number of ether oxygens (including phenoxy) is 1. The molecule has 37 heavy (non-hydrogen) atoms. The normalized spacial score (nSPS) is 21.2. The summed E-state index contributed by atoms with van der Waals surface area (Å²) in [6.07, 6.45) is 1.86. The molecule has 0 aliphatic carbocycles. The molecule has 3 aliphatic rings. The van der Waals surface area contributed by atoms with Crippen molar-refractivity contribution in [2.45, 2.75) is 33.2 Å². The van der Waals surface area contributed by atoms with E-state index in [1.165, 1.54) is 9.21 Å². The maximum absolute atomic E-state index is 13.7. The fraction of sp³-hybridized carbons (Fsp3) is 0.480. The number of halogens is 1. The molecule has 0 saturated carbocycles. The second kappa shape index (κ2) is 10.4. The van der Waals surface area contributed by atoms with Gasteiger partial charge in [0.1, 0.15) is 12.4 Å². The first-order valence-electron chi connectivity index (χ1n) is 12.2. The van der Waals surface area contributed by atoms with E-state index in [2.05, 4.69) is 16.0 Å². The zero-order valence-electron chi connectivity index (χ0n) is 21.2. The van der Waals surface area contributed by atoms with Crippen LogP contribution >= 0.6 is 12.4 Å². The molecular weight excluding hydrogens is 518 g/mol. The van der Waals surface area contributed by atoms with Crippen LogP contribution in [0, 0.1) is 13.8 Å². The smallest absolute Gasteiger partial charge is 0.414 e. The highest BCUT2D eigenvalue weighted by Gasteiger charge is 2.36. The number of nitrogens with zero attached hydrogens (tertiary/aromatic N) is 5. The first-order chi connectivity index (χ1) is 17.2. The Kier molecular flexibility index (Phi) is 7.57. The summed E-state index contributed by atoms with van der Waals surface area (Å²) in [5.74, 6) is 0.741. The third-order valence-corrected chi connectivity index (χ3v) is 8.85. The fourth-order valence-corrected chi connectivity index (χ4v) is 6.75. The van der Waals surface area contributed by atoms with Gasteiger partial charge in [0.2, 0.25) is 10.0 Å². The van der Waals surface area contributed by atoms with Crippen LogP contribution in [0.1, 0.15) is 34.8 Å². The van der Waals surface area contributed by atoms with E-state index in [9.17, 15) is 18.0 Å². The lowest BCUT2D eigenvalue weighted by Crippen LogP contribution is -2.49. The largest absolute Gasteiger partial charge is 0.447 e. The number of amides is 2. The van der Waals surface area contributed by atoms with Gasteiger partial charge < -0.3 is 14.5 Å². The Bertz CT molecular complexity index is 1310. The Hall–Kier alpha value is -3.05. The van der Waals surface area contributed by atoms with Crippen molar-refractivity contribution in [2.24, 2.45) is 0 Å². The molecule has 2 amide bonds. The number of aromatic nitrogens is 1. The maximum atomic E-state index is 13.7. The van der Waals surface area contributed by atoms with E-state index < -0.39 is 16.1 Å². The summed E-state index contributed by atoms with van der Waals surface area (Å²) in [7, 11) is -3.54. The van der Waals surface area contributed by atoms with E-state index >= 15 is 0 Å². The molecular formula is C25H32ClN5O5S. The van der Waals surface area contributed by atoms with Crippen molar-refractivity contribution in [1.82, 2.24) is 9.88 Å². The van der Waals surface area contributed by atoms with E-state index in [-0.39, 0.29) is 36.7 Å². The van der Waals surface area contributed by atoms with Gasteiger partial charge in [-0.1, -0.05) is 6.07 Å². The molecule has 3 saturated heterocycles. The van der Waals surface area contributed by atoms with Crippen molar-refractivity contribution in [1.29, 1.82) is 0 Å². The Morgan fingerprint density at radius 1 is 1.08 bits per heavy atom. The number of pyridine rings is 1. The first-order valence-corrected chi connectivity index (χ1v) is 13.8. The molecule has 0 unspecified atom stereocenters. The van der Waals surface area contributed by atoms with Crippen molar-refractivity contribution < 1.29 is 22.7 Å². The van der Waals surface area contributed by atoms with Crippen LogP contribution in [0.3, 0.4) is 0 Å². The molecule has 4 heterocycles. The minimum atomic E-state index is -3.54. The Balaban J connectivity index is 0.00000320. The van der Waals surface area contributed by atoms with Gasteiger partial charge in [-0.05, 0) is 56.5 Å². The van der Waals surface area contributed by atoms with Crippen LogP contribution in [0.2, 0.25) is 0 Å². The molecule has 1 aromatic heterocycles. The van der Waals surface area contributed by atoms with E-state index in [1.807, 2.05) is 27.0 Å². The lowest BCUT2D eigenvalue weighted by molar-refractivity contribution is 0.0747. The predicted octanol–water partition coefficient (Wildman–Crippen LogP) is 2.97. The summed E-state index contributed by atoms with van der Waals surface area (Å²) in [6, 6.07) is 6.88. The highest BCUT2D eigenvalue weighted by Crippen LogP contribution is 2.35. The van der Waals surface area contributed by atoms with Crippen LogP contribution in [-0.2, 0) is 14.8 Å². The molecule has 0 bridgehead atoms. The number of piperazine rings is 1. The quantitative estimate of drug-likeness (QED) is 0.577. The second-order valence-corrected chi connectivity index (χ2v) is 11.7. The maximum Gasteiger partial charge on any atom is 0.414 e. The molecule has 0 N–H and O–H groups in total. The third kappa shape index (κ3) is 5.06. The summed E-state index contributed by atoms with van der Waals surface area (Å²) in [4.78, 5) is 36.0. The van der Waals surface area contributed by atoms with Crippen LogP contribution in [0.15, 0.2) is 30.5 Å². The van der Waals surface area contributed by atoms with Gasteiger partial charge in [0.15, 0.2) is 0 Å². The van der Waals surface area contributed by atoms with Crippen molar-refractivity contribution in [3.8, 4) is 0 Å². The number of cyclic esters (lactones) is 1. The number of carbonyl (C=O) groups is 2. The summed E-state index contributed by atoms with van der Waals surface area (Å²) in [6.45, 7) is 8.74. The van der Waals surface area contributed by atoms with Gasteiger partial charge >= 0.3 is 6.09 Å². The van der Waals surface area contributed by atoms with Crippen LogP contribution in [-0.4, -0.2) is 81.4 Å². The molecule has 3 aliphatic heterocycles. The van der Waals surface area contributed by atoms with Gasteiger partial charge in [-0.2, -0.15) is 0 Å². The van der Waals surface area contributed by atoms with Gasteiger partial charge in [0.25, 0.3) is 5.91 Å². The van der Waals surface area contributed by atoms with Crippen LogP contribution in [0.5, 0.6) is 0 Å². The summed E-state index contributed by atoms with van der Waals surface area (Å²) >= 11 is 0. The summed E-state index contributed by atoms with van der Waals surface area (Å²) in [5.41, 5.74) is 3.36. The van der Waals surface area contributed by atoms with E-state index in [0.29, 0.717) is 56.1 Å². The number of sulfonamides is 1. The van der Waals surface area contributed by atoms with Crippen molar-refractivity contribution >= 4 is 51.6 Å². The van der Waals surface area contributed by atoms with E-state index in [1.54, 1.807) is 23.1 Å². The molecule has 10 nitrogen and oxygen atoms in total. The van der Waals surface area contributed by atoms with Gasteiger partial charge in [-0.15, -0.1) is 12.4 Å². The zero-order valence-corrected chi connectivity index (χ0v) is 22.8. The number of hydrogen-bond donors (Lipinski definition) is 0. The molecule has 0 radical (unpaired) electrons. The monoisotopic (exact) mass is 549 g/mol. The van der Waals surface area contributed by atoms with Crippen molar-refractivity contribution in [3.63, 3.8) is 0 Å². The van der Waals surface area contributed by atoms with Crippen LogP contribution < -0.4 is 14.1 Å². The average molecular weight is 550 g/mol. The molecule has 2 aromatic rings. The summed E-state index contributed by atoms with van der Waals surface area (Å²) < 4.78 is 32.1. The van der Waals surface area contributed by atoms with Gasteiger partial charge in [-0.25, -0.2) is 18.2 Å². The zero-order chi connectivity index (χ0) is 25.6. The lowest BCUT2D eigenvalue weighted by Gasteiger charge is -2.36. The molecule has 5 rings (SSSR count). The highest BCUT2D eigenvalue weighted by atomic mass is 35.5. The van der Waals surface area contributed by atoms with Crippen LogP contribution in [0.4, 0.5) is 22.0 Å². The Morgan fingerprint density at radius 3 is 2.41 bits per heavy atom. The first kappa shape index (κ1) is 27.0. The van der Waals surface area contributed by atoms with E-state index in [4.69, 9.17) is 4.74 Å². The van der Waals surface area contributed by atoms with Crippen molar-refractivity contribution in [2.75, 3.05) is 59.2 Å². The molecule has 1 aromatic carbocycles. The van der Waals surface area contributed by atoms with Crippen molar-refractivity contribution in [3.05, 3.63) is 47.2 Å². The topological polar surface area (TPSA) is 103 Å². The number of rotatable bonds is 4. The van der Waals surface area contributed by atoms with Gasteiger partial charge in [0.05, 0.1) is 23.0 Å². The molecule has 200 valence electrons. The third-order valence-electron chi connectivity index (χ3n) is 7.00. The Morgan fingerprint density at radius 2 is 1.81 bits per heavy atom. The molecule has 3 fully saturated rings. The minimum absolute atomic E-state index is 0. The highest BCUT2D eigenvalue weighted by molar-refractivity contribution is 7.93. The number of carbonyl (C=O) groups excluding carboxylic acids is 2. The SMILES string of the molecule is Cc1cnc(N2CCN(C(=O)c3ccc(N4C(=O)OC[C@H]4C)cc3N3CCCS3(=O)=O)CC2)c(C)c1.Cl. The molecule has 12 heteroatoms. The fourth-order valence-electron chi connectivity index (χ4n) is 5.17. The van der Waals surface area contributed by atoms with Crippen LogP contribution in [0.25, 0.3) is 0 Å². The minimum Gasteiger partial charge on any atom is -0.447 e. The predicted molar refractivity (Wildman–Crippen MR) is 145 cm³/mol. The lowest BCUT2D eigenvalue weighted by atomic mass is 10.1. The number of aryl methyl sites for hydroxylation is 2. The Labute approximate surface area is 223 Å². The van der Waals surface area contributed by atoms with Gasteiger partial charge in [-0.3, -0.25) is 14.0 Å². The average Bonchev–Trinajstić information content (AvgIpc) is 3.38. The van der Waals surface area contributed by atoms with Gasteiger partial charge in [0, 0.05) is 44.6 Å². The second-order valence-electron chi connectivity index (χ2n) is 9.67. The summed E-state index contributed by atoms with van der Waals surface area (Å²) in [5, 5.41) is 0. The molecule has 1 atom stereocenters. The standard InChI is InChI=1S/C25H31N5O5S.ClH/c1-17-13-18(2)23(26-15-17)27-8-10-28(11-9-27)24(31)21-6-5-20(30-19(3)16-35-25(30)32)14-22(21)29-7-4-12-36(29,33)34;/h5-6,13-15,19H,4,7-12,16H2,1-3H3;1H/t19-;/m1./s1. The number of benzene rings is 1. The van der Waals surface area contributed by atoms with E-state index in [0.717, 1.165) is 16.9 Å².